The minimum absolute atomic E-state index is 0.0961. The van der Waals surface area contributed by atoms with E-state index in [2.05, 4.69) is 4.98 Å². The summed E-state index contributed by atoms with van der Waals surface area (Å²) >= 11 is 0. The molecule has 3 rings (SSSR count). The van der Waals surface area contributed by atoms with Crippen LogP contribution in [-0.2, 0) is 11.2 Å². The van der Waals surface area contributed by atoms with E-state index in [-0.39, 0.29) is 11.7 Å². The Kier molecular flexibility index (Phi) is 3.85. The molecule has 2 atom stereocenters. The van der Waals surface area contributed by atoms with Crippen molar-refractivity contribution in [3.05, 3.63) is 30.1 Å². The van der Waals surface area contributed by atoms with E-state index in [0.29, 0.717) is 12.3 Å². The van der Waals surface area contributed by atoms with E-state index in [1.807, 2.05) is 18.3 Å². The molecule has 1 aromatic heterocycles. The van der Waals surface area contributed by atoms with E-state index >= 15 is 0 Å². The number of rotatable bonds is 3. The predicted octanol–water partition coefficient (Wildman–Crippen LogP) is 2.72. The van der Waals surface area contributed by atoms with Crippen LogP contribution in [0.1, 0.15) is 44.1 Å². The zero-order chi connectivity index (χ0) is 13.1. The zero-order valence-corrected chi connectivity index (χ0v) is 11.4. The summed E-state index contributed by atoms with van der Waals surface area (Å²) in [5.41, 5.74) is 1.22. The van der Waals surface area contributed by atoms with Crippen LogP contribution in [0.5, 0.6) is 0 Å². The molecule has 0 radical (unpaired) electrons. The fraction of sp³-hybridized carbons (Fsp3) is 0.688. The van der Waals surface area contributed by atoms with Crippen LogP contribution in [0.15, 0.2) is 24.5 Å². The maximum absolute atomic E-state index is 10.5. The molecule has 2 heterocycles. The first kappa shape index (κ1) is 13.1. The van der Waals surface area contributed by atoms with Gasteiger partial charge in [-0.2, -0.15) is 0 Å². The first-order valence-corrected chi connectivity index (χ1v) is 7.48. The summed E-state index contributed by atoms with van der Waals surface area (Å²) in [5, 5.41) is 10.5. The van der Waals surface area contributed by atoms with Gasteiger partial charge in [-0.25, -0.2) is 0 Å². The molecular weight excluding hydrogens is 238 g/mol. The van der Waals surface area contributed by atoms with Crippen LogP contribution >= 0.6 is 0 Å². The number of ether oxygens (including phenoxy) is 1. The highest BCUT2D eigenvalue weighted by Crippen LogP contribution is 2.43. The fourth-order valence-corrected chi connectivity index (χ4v) is 3.69. The second-order valence-corrected chi connectivity index (χ2v) is 6.12. The molecular formula is C16H23NO2. The van der Waals surface area contributed by atoms with E-state index in [0.717, 1.165) is 25.0 Å². The molecule has 3 heteroatoms. The Hall–Kier alpha value is -0.930. The van der Waals surface area contributed by atoms with E-state index < -0.39 is 0 Å². The molecule has 1 N–H and O–H groups in total. The second kappa shape index (κ2) is 5.59. The Balaban J connectivity index is 1.61. The molecule has 1 aromatic rings. The van der Waals surface area contributed by atoms with Gasteiger partial charge in [-0.05, 0) is 43.2 Å². The fourth-order valence-electron chi connectivity index (χ4n) is 3.69. The van der Waals surface area contributed by atoms with Crippen LogP contribution in [0, 0.1) is 5.92 Å². The molecule has 2 fully saturated rings. The lowest BCUT2D eigenvalue weighted by molar-refractivity contribution is -0.112. The smallest absolute Gasteiger partial charge is 0.0686 e. The Morgan fingerprint density at radius 2 is 2.26 bits per heavy atom. The zero-order valence-electron chi connectivity index (χ0n) is 11.4. The lowest BCUT2D eigenvalue weighted by Gasteiger charge is -2.40. The number of aliphatic hydroxyl groups is 1. The molecule has 1 spiro atoms. The number of nitrogens with zero attached hydrogens (tertiary/aromatic N) is 1. The first-order valence-electron chi connectivity index (χ1n) is 7.48. The van der Waals surface area contributed by atoms with Crippen LogP contribution in [0.25, 0.3) is 0 Å². The summed E-state index contributed by atoms with van der Waals surface area (Å²) in [6.07, 6.45) is 11.0. The van der Waals surface area contributed by atoms with Gasteiger partial charge in [0.25, 0.3) is 0 Å². The molecule has 1 aliphatic carbocycles. The van der Waals surface area contributed by atoms with Crippen molar-refractivity contribution in [3.63, 3.8) is 0 Å². The van der Waals surface area contributed by atoms with Crippen molar-refractivity contribution in [3.8, 4) is 0 Å². The molecule has 1 aliphatic heterocycles. The highest BCUT2D eigenvalue weighted by atomic mass is 16.5. The molecule has 1 saturated carbocycles. The summed E-state index contributed by atoms with van der Waals surface area (Å²) in [6, 6.07) is 3.98. The van der Waals surface area contributed by atoms with Gasteiger partial charge in [0.05, 0.1) is 11.7 Å². The molecule has 0 bridgehead atoms. The average Bonchev–Trinajstić information content (AvgIpc) is 2.88. The van der Waals surface area contributed by atoms with Gasteiger partial charge < -0.3 is 9.84 Å². The largest absolute Gasteiger partial charge is 0.392 e. The number of hydrogen-bond acceptors (Lipinski definition) is 3. The third-order valence-corrected chi connectivity index (χ3v) is 4.76. The number of aromatic nitrogens is 1. The van der Waals surface area contributed by atoms with Crippen molar-refractivity contribution in [2.75, 3.05) is 6.61 Å². The van der Waals surface area contributed by atoms with Gasteiger partial charge >= 0.3 is 0 Å². The summed E-state index contributed by atoms with van der Waals surface area (Å²) in [6.45, 7) is 0.814. The van der Waals surface area contributed by atoms with Crippen molar-refractivity contribution in [1.82, 2.24) is 4.98 Å². The molecule has 2 unspecified atom stereocenters. The van der Waals surface area contributed by atoms with Gasteiger partial charge in [0.1, 0.15) is 0 Å². The van der Waals surface area contributed by atoms with Crippen LogP contribution in [0.3, 0.4) is 0 Å². The Bertz CT molecular complexity index is 400. The third kappa shape index (κ3) is 2.98. The average molecular weight is 261 g/mol. The molecule has 3 nitrogen and oxygen atoms in total. The summed E-state index contributed by atoms with van der Waals surface area (Å²) in [7, 11) is 0. The van der Waals surface area contributed by atoms with Crippen LogP contribution in [0.2, 0.25) is 0 Å². The van der Waals surface area contributed by atoms with Gasteiger partial charge in [-0.15, -0.1) is 0 Å². The van der Waals surface area contributed by atoms with E-state index in [4.69, 9.17) is 4.74 Å². The third-order valence-electron chi connectivity index (χ3n) is 4.76. The van der Waals surface area contributed by atoms with Crippen LogP contribution < -0.4 is 0 Å². The Morgan fingerprint density at radius 1 is 1.42 bits per heavy atom. The van der Waals surface area contributed by atoms with E-state index in [9.17, 15) is 5.11 Å². The lowest BCUT2D eigenvalue weighted by Crippen LogP contribution is -2.41. The van der Waals surface area contributed by atoms with Crippen molar-refractivity contribution < 1.29 is 9.84 Å². The minimum Gasteiger partial charge on any atom is -0.392 e. The number of hydrogen-bond donors (Lipinski definition) is 1. The molecule has 0 aromatic carbocycles. The monoisotopic (exact) mass is 261 g/mol. The van der Waals surface area contributed by atoms with Gasteiger partial charge in [0.15, 0.2) is 0 Å². The van der Waals surface area contributed by atoms with Gasteiger partial charge in [-0.1, -0.05) is 18.9 Å². The van der Waals surface area contributed by atoms with Gasteiger partial charge in [0.2, 0.25) is 0 Å². The second-order valence-electron chi connectivity index (χ2n) is 6.12. The molecule has 19 heavy (non-hydrogen) atoms. The van der Waals surface area contributed by atoms with Crippen molar-refractivity contribution in [1.29, 1.82) is 0 Å². The molecule has 104 valence electrons. The number of pyridine rings is 1. The molecule has 1 saturated heterocycles. The van der Waals surface area contributed by atoms with E-state index in [1.165, 1.54) is 25.7 Å². The Labute approximate surface area is 115 Å². The highest BCUT2D eigenvalue weighted by Gasteiger charge is 2.41. The van der Waals surface area contributed by atoms with E-state index in [1.54, 1.807) is 6.20 Å². The van der Waals surface area contributed by atoms with Crippen LogP contribution in [-0.4, -0.2) is 28.4 Å². The van der Waals surface area contributed by atoms with Gasteiger partial charge in [-0.3, -0.25) is 4.98 Å². The normalized spacial score (nSPS) is 27.5. The summed E-state index contributed by atoms with van der Waals surface area (Å²) in [5.74, 6) is 0.382. The standard InChI is InChI=1S/C16H23NO2/c18-15(10-13-4-3-8-17-12-13)14-5-9-19-16(11-14)6-1-2-7-16/h3-4,8,12,14-15,18H,1-2,5-7,9-11H2. The lowest BCUT2D eigenvalue weighted by atomic mass is 9.80. The maximum Gasteiger partial charge on any atom is 0.0686 e. The molecule has 2 aliphatic rings. The minimum atomic E-state index is -0.259. The SMILES string of the molecule is OC(Cc1cccnc1)C1CCOC2(CCCC2)C1. The van der Waals surface area contributed by atoms with Gasteiger partial charge in [0, 0.05) is 25.4 Å². The first-order chi connectivity index (χ1) is 9.27. The van der Waals surface area contributed by atoms with Crippen molar-refractivity contribution in [2.24, 2.45) is 5.92 Å². The Morgan fingerprint density at radius 3 is 3.00 bits per heavy atom. The van der Waals surface area contributed by atoms with Crippen molar-refractivity contribution in [2.45, 2.75) is 56.7 Å². The number of aliphatic hydroxyl groups excluding tert-OH is 1. The predicted molar refractivity (Wildman–Crippen MR) is 73.8 cm³/mol. The molecule has 0 amide bonds. The summed E-state index contributed by atoms with van der Waals surface area (Å²) in [4.78, 5) is 4.12. The topological polar surface area (TPSA) is 42.4 Å². The van der Waals surface area contributed by atoms with Crippen LogP contribution in [0.4, 0.5) is 0 Å². The maximum atomic E-state index is 10.5. The highest BCUT2D eigenvalue weighted by molar-refractivity contribution is 5.10. The quantitative estimate of drug-likeness (QED) is 0.909. The van der Waals surface area contributed by atoms with Crippen molar-refractivity contribution >= 4 is 0 Å². The summed E-state index contributed by atoms with van der Waals surface area (Å²) < 4.78 is 6.03.